The number of furan rings is 1. The maximum atomic E-state index is 13.0. The molecule has 0 unspecified atom stereocenters. The lowest BCUT2D eigenvalue weighted by Crippen LogP contribution is -2.54. The predicted molar refractivity (Wildman–Crippen MR) is 106 cm³/mol. The number of halogens is 2. The molecular formula is C17H12Br2N2O3S. The average Bonchev–Trinajstić information content (AvgIpc) is 2.89. The van der Waals surface area contributed by atoms with Crippen molar-refractivity contribution in [2.45, 2.75) is 13.3 Å². The molecule has 3 rings (SSSR count). The minimum Gasteiger partial charge on any atom is -0.449 e. The molecule has 1 aromatic carbocycles. The van der Waals surface area contributed by atoms with Crippen LogP contribution in [0.2, 0.25) is 0 Å². The van der Waals surface area contributed by atoms with Gasteiger partial charge in [0.1, 0.15) is 11.3 Å². The van der Waals surface area contributed by atoms with E-state index in [-0.39, 0.29) is 10.7 Å². The zero-order valence-corrected chi connectivity index (χ0v) is 17.0. The van der Waals surface area contributed by atoms with Gasteiger partial charge in [0.05, 0.1) is 10.2 Å². The average molecular weight is 484 g/mol. The molecule has 1 aromatic heterocycles. The van der Waals surface area contributed by atoms with E-state index in [1.807, 2.05) is 25.1 Å². The Balaban J connectivity index is 2.05. The lowest BCUT2D eigenvalue weighted by atomic mass is 10.1. The summed E-state index contributed by atoms with van der Waals surface area (Å²) in [7, 11) is 0. The molecule has 0 saturated carbocycles. The summed E-state index contributed by atoms with van der Waals surface area (Å²) < 4.78 is 6.60. The molecule has 1 fully saturated rings. The zero-order valence-electron chi connectivity index (χ0n) is 13.0. The van der Waals surface area contributed by atoms with Crippen LogP contribution in [-0.2, 0) is 16.0 Å². The number of hydrogen-bond donors (Lipinski definition) is 1. The second kappa shape index (κ2) is 7.23. The molecule has 2 aromatic rings. The highest BCUT2D eigenvalue weighted by Crippen LogP contribution is 2.30. The number of nitrogens with zero attached hydrogens (tertiary/aromatic N) is 1. The smallest absolute Gasteiger partial charge is 0.270 e. The molecule has 0 bridgehead atoms. The second-order valence-corrected chi connectivity index (χ2v) is 7.17. The van der Waals surface area contributed by atoms with Crippen molar-refractivity contribution in [1.82, 2.24) is 5.32 Å². The van der Waals surface area contributed by atoms with Gasteiger partial charge in [-0.05, 0) is 74.3 Å². The highest BCUT2D eigenvalue weighted by atomic mass is 79.9. The Bertz CT molecular complexity index is 901. The van der Waals surface area contributed by atoms with Gasteiger partial charge in [0, 0.05) is 0 Å². The summed E-state index contributed by atoms with van der Waals surface area (Å²) in [4.78, 5) is 26.6. The van der Waals surface area contributed by atoms with E-state index in [9.17, 15) is 9.59 Å². The number of aryl methyl sites for hydroxylation is 1. The first-order valence-electron chi connectivity index (χ1n) is 7.36. The first kappa shape index (κ1) is 18.0. The molecular weight excluding hydrogens is 472 g/mol. The number of para-hydroxylation sites is 1. The van der Waals surface area contributed by atoms with Crippen molar-refractivity contribution in [2.75, 3.05) is 4.90 Å². The fourth-order valence-electron chi connectivity index (χ4n) is 2.48. The number of benzene rings is 1. The standard InChI is InChI=1S/C17H12Br2N2O3S/c1-2-9-5-3-4-6-13(9)21-16(23)11(15(22)20-17(21)25)7-10-8-12(18)14(19)24-10/h3-8H,2H2,1H3,(H,20,22,25)/b11-7+. The number of anilines is 1. The summed E-state index contributed by atoms with van der Waals surface area (Å²) in [5.74, 6) is -0.670. The quantitative estimate of drug-likeness (QED) is 0.403. The van der Waals surface area contributed by atoms with Crippen LogP contribution in [0.15, 0.2) is 49.5 Å². The third-order valence-corrected chi connectivity index (χ3v) is 5.66. The minimum absolute atomic E-state index is 0.0479. The van der Waals surface area contributed by atoms with Crippen molar-refractivity contribution in [3.05, 3.63) is 56.4 Å². The van der Waals surface area contributed by atoms with E-state index in [1.165, 1.54) is 11.0 Å². The molecule has 25 heavy (non-hydrogen) atoms. The number of carbonyl (C=O) groups is 2. The van der Waals surface area contributed by atoms with Crippen LogP contribution in [0.5, 0.6) is 0 Å². The highest BCUT2D eigenvalue weighted by molar-refractivity contribution is 9.13. The summed E-state index contributed by atoms with van der Waals surface area (Å²) in [6.07, 6.45) is 2.13. The van der Waals surface area contributed by atoms with E-state index in [4.69, 9.17) is 16.6 Å². The molecule has 1 aliphatic heterocycles. The lowest BCUT2D eigenvalue weighted by molar-refractivity contribution is -0.122. The van der Waals surface area contributed by atoms with Gasteiger partial charge in [-0.15, -0.1) is 0 Å². The normalized spacial score (nSPS) is 16.5. The first-order valence-corrected chi connectivity index (χ1v) is 9.36. The van der Waals surface area contributed by atoms with E-state index >= 15 is 0 Å². The van der Waals surface area contributed by atoms with Gasteiger partial charge in [-0.2, -0.15) is 0 Å². The summed E-state index contributed by atoms with van der Waals surface area (Å²) in [6.45, 7) is 1.99. The monoisotopic (exact) mass is 482 g/mol. The third kappa shape index (κ3) is 3.47. The Kier molecular flexibility index (Phi) is 5.21. The lowest BCUT2D eigenvalue weighted by Gasteiger charge is -2.30. The summed E-state index contributed by atoms with van der Waals surface area (Å²) >= 11 is 11.8. The van der Waals surface area contributed by atoms with Crippen LogP contribution in [0.25, 0.3) is 6.08 Å². The molecule has 1 N–H and O–H groups in total. The molecule has 0 radical (unpaired) electrons. The first-order chi connectivity index (χ1) is 11.9. The summed E-state index contributed by atoms with van der Waals surface area (Å²) in [5, 5.41) is 2.63. The minimum atomic E-state index is -0.552. The Hall–Kier alpha value is -1.77. The number of thiocarbonyl (C=S) groups is 1. The maximum absolute atomic E-state index is 13.0. The Morgan fingerprint density at radius 3 is 2.64 bits per heavy atom. The Labute approximate surface area is 166 Å². The van der Waals surface area contributed by atoms with Gasteiger partial charge in [-0.3, -0.25) is 19.8 Å². The van der Waals surface area contributed by atoms with E-state index in [0.717, 1.165) is 12.0 Å². The van der Waals surface area contributed by atoms with Gasteiger partial charge in [-0.1, -0.05) is 25.1 Å². The van der Waals surface area contributed by atoms with Gasteiger partial charge < -0.3 is 4.42 Å². The molecule has 0 spiro atoms. The molecule has 0 aliphatic carbocycles. The maximum Gasteiger partial charge on any atom is 0.270 e. The number of carbonyl (C=O) groups excluding carboxylic acids is 2. The van der Waals surface area contributed by atoms with Crippen molar-refractivity contribution in [2.24, 2.45) is 0 Å². The zero-order chi connectivity index (χ0) is 18.1. The van der Waals surface area contributed by atoms with Gasteiger partial charge in [0.2, 0.25) is 0 Å². The molecule has 1 saturated heterocycles. The summed E-state index contributed by atoms with van der Waals surface area (Å²) in [5.41, 5.74) is 1.57. The van der Waals surface area contributed by atoms with Crippen LogP contribution in [0, 0.1) is 0 Å². The molecule has 1 aliphatic rings. The number of amides is 2. The highest BCUT2D eigenvalue weighted by Gasteiger charge is 2.35. The number of nitrogens with one attached hydrogen (secondary N) is 1. The fourth-order valence-corrected chi connectivity index (χ4v) is 3.36. The van der Waals surface area contributed by atoms with Crippen LogP contribution >= 0.6 is 44.1 Å². The van der Waals surface area contributed by atoms with Gasteiger partial charge in [0.15, 0.2) is 9.78 Å². The van der Waals surface area contributed by atoms with Crippen molar-refractivity contribution >= 4 is 72.8 Å². The van der Waals surface area contributed by atoms with Crippen molar-refractivity contribution in [3.8, 4) is 0 Å². The van der Waals surface area contributed by atoms with Crippen LogP contribution in [0.4, 0.5) is 5.69 Å². The predicted octanol–water partition coefficient (Wildman–Crippen LogP) is 4.20. The molecule has 2 heterocycles. The molecule has 5 nitrogen and oxygen atoms in total. The fraction of sp³-hybridized carbons (Fsp3) is 0.118. The largest absolute Gasteiger partial charge is 0.449 e. The summed E-state index contributed by atoms with van der Waals surface area (Å²) in [6, 6.07) is 9.11. The number of rotatable bonds is 3. The van der Waals surface area contributed by atoms with Gasteiger partial charge in [0.25, 0.3) is 11.8 Å². The van der Waals surface area contributed by atoms with Crippen LogP contribution in [-0.4, -0.2) is 16.9 Å². The SMILES string of the molecule is CCc1ccccc1N1C(=O)/C(=C/c2cc(Br)c(Br)o2)C(=O)NC1=S. The van der Waals surface area contributed by atoms with Crippen LogP contribution in [0.1, 0.15) is 18.2 Å². The van der Waals surface area contributed by atoms with Gasteiger partial charge >= 0.3 is 0 Å². The Morgan fingerprint density at radius 2 is 2.00 bits per heavy atom. The molecule has 0 atom stereocenters. The Morgan fingerprint density at radius 1 is 1.28 bits per heavy atom. The van der Waals surface area contributed by atoms with E-state index in [2.05, 4.69) is 37.2 Å². The van der Waals surface area contributed by atoms with Crippen LogP contribution in [0.3, 0.4) is 0 Å². The number of hydrogen-bond acceptors (Lipinski definition) is 4. The second-order valence-electron chi connectivity index (χ2n) is 5.21. The van der Waals surface area contributed by atoms with Crippen molar-refractivity contribution < 1.29 is 14.0 Å². The van der Waals surface area contributed by atoms with E-state index in [1.54, 1.807) is 12.1 Å². The van der Waals surface area contributed by atoms with Crippen LogP contribution < -0.4 is 10.2 Å². The van der Waals surface area contributed by atoms with Gasteiger partial charge in [-0.25, -0.2) is 0 Å². The molecule has 128 valence electrons. The molecule has 2 amide bonds. The molecule has 8 heteroatoms. The van der Waals surface area contributed by atoms with E-state index < -0.39 is 11.8 Å². The van der Waals surface area contributed by atoms with Crippen molar-refractivity contribution in [3.63, 3.8) is 0 Å². The third-order valence-electron chi connectivity index (χ3n) is 3.67. The van der Waals surface area contributed by atoms with E-state index in [0.29, 0.717) is 20.6 Å². The topological polar surface area (TPSA) is 62.6 Å². The van der Waals surface area contributed by atoms with Crippen molar-refractivity contribution in [1.29, 1.82) is 0 Å².